The molecule has 0 aliphatic rings. The van der Waals surface area contributed by atoms with E-state index in [-0.39, 0.29) is 11.6 Å². The van der Waals surface area contributed by atoms with Crippen LogP contribution in [0.4, 0.5) is 11.4 Å². The minimum absolute atomic E-state index is 0.221. The first kappa shape index (κ1) is 12.2. The van der Waals surface area contributed by atoms with Gasteiger partial charge >= 0.3 is 0 Å². The molecule has 0 radical (unpaired) electrons. The number of anilines is 2. The number of pyridine rings is 1. The van der Waals surface area contributed by atoms with Crippen LogP contribution in [0.1, 0.15) is 10.5 Å². The van der Waals surface area contributed by atoms with Crippen LogP contribution in [0.5, 0.6) is 0 Å². The van der Waals surface area contributed by atoms with Gasteiger partial charge in [0, 0.05) is 42.1 Å². The normalized spacial score (nSPS) is 10.7. The van der Waals surface area contributed by atoms with E-state index >= 15 is 0 Å². The molecule has 3 rings (SSSR count). The second kappa shape index (κ2) is 4.65. The number of carbonyl (C=O) groups is 1. The molecule has 0 unspecified atom stereocenters. The summed E-state index contributed by atoms with van der Waals surface area (Å²) in [5.41, 5.74) is 7.04. The largest absolute Gasteiger partial charge is 0.396 e. The molecule has 0 bridgehead atoms. The van der Waals surface area contributed by atoms with Crippen molar-refractivity contribution >= 4 is 28.1 Å². The van der Waals surface area contributed by atoms with E-state index in [0.717, 1.165) is 10.8 Å². The van der Waals surface area contributed by atoms with Crippen molar-refractivity contribution in [3.63, 3.8) is 0 Å². The molecule has 1 amide bonds. The minimum atomic E-state index is -0.326. The number of rotatable bonds is 2. The zero-order chi connectivity index (χ0) is 14.1. The second-order valence-corrected chi connectivity index (χ2v) is 4.46. The van der Waals surface area contributed by atoms with Gasteiger partial charge in [-0.05, 0) is 12.1 Å². The van der Waals surface area contributed by atoms with Crippen molar-refractivity contribution < 1.29 is 4.79 Å². The first-order valence-corrected chi connectivity index (χ1v) is 6.08. The molecule has 0 atom stereocenters. The van der Waals surface area contributed by atoms with E-state index < -0.39 is 0 Å². The Morgan fingerprint density at radius 3 is 2.95 bits per heavy atom. The fraction of sp³-hybridized carbons (Fsp3) is 0.0714. The molecule has 0 aliphatic heterocycles. The molecule has 0 fully saturated rings. The summed E-state index contributed by atoms with van der Waals surface area (Å²) < 4.78 is 1.51. The summed E-state index contributed by atoms with van der Waals surface area (Å²) in [5.74, 6) is -0.326. The van der Waals surface area contributed by atoms with Crippen molar-refractivity contribution in [1.29, 1.82) is 0 Å². The number of aromatic nitrogens is 3. The van der Waals surface area contributed by atoms with Crippen molar-refractivity contribution in [3.05, 3.63) is 48.5 Å². The van der Waals surface area contributed by atoms with E-state index in [2.05, 4.69) is 15.4 Å². The first-order valence-electron chi connectivity index (χ1n) is 6.08. The number of fused-ring (bicyclic) bond motifs is 1. The van der Waals surface area contributed by atoms with E-state index in [0.29, 0.717) is 11.4 Å². The number of hydrogen-bond acceptors (Lipinski definition) is 4. The summed E-state index contributed by atoms with van der Waals surface area (Å²) in [4.78, 5) is 16.3. The van der Waals surface area contributed by atoms with Gasteiger partial charge in [0.05, 0.1) is 5.69 Å². The Kier molecular flexibility index (Phi) is 2.83. The number of nitrogens with two attached hydrogens (primary N) is 1. The molecule has 2 aromatic heterocycles. The van der Waals surface area contributed by atoms with Gasteiger partial charge in [0.2, 0.25) is 0 Å². The summed E-state index contributed by atoms with van der Waals surface area (Å²) in [5, 5.41) is 8.77. The Morgan fingerprint density at radius 2 is 2.20 bits per heavy atom. The van der Waals surface area contributed by atoms with Crippen molar-refractivity contribution in [1.82, 2.24) is 14.8 Å². The summed E-state index contributed by atoms with van der Waals surface area (Å²) >= 11 is 0. The van der Waals surface area contributed by atoms with Gasteiger partial charge in [-0.2, -0.15) is 5.10 Å². The van der Waals surface area contributed by atoms with Gasteiger partial charge in [0.25, 0.3) is 5.91 Å². The Hall–Kier alpha value is -2.89. The van der Waals surface area contributed by atoms with Gasteiger partial charge in [0.15, 0.2) is 5.69 Å². The van der Waals surface area contributed by atoms with Crippen LogP contribution in [0, 0.1) is 0 Å². The van der Waals surface area contributed by atoms with Crippen molar-refractivity contribution in [3.8, 4) is 0 Å². The standard InChI is InChI=1S/C14H13N5O/c1-19-8-11(15)13(18-19)14(20)17-12-4-2-3-9-7-16-6-5-10(9)12/h2-8H,15H2,1H3,(H,17,20). The lowest BCUT2D eigenvalue weighted by atomic mass is 10.1. The highest BCUT2D eigenvalue weighted by Gasteiger charge is 2.15. The van der Waals surface area contributed by atoms with E-state index in [1.54, 1.807) is 25.6 Å². The van der Waals surface area contributed by atoms with Crippen LogP contribution < -0.4 is 11.1 Å². The smallest absolute Gasteiger partial charge is 0.278 e. The highest BCUT2D eigenvalue weighted by Crippen LogP contribution is 2.23. The van der Waals surface area contributed by atoms with E-state index in [1.807, 2.05) is 24.3 Å². The summed E-state index contributed by atoms with van der Waals surface area (Å²) in [6, 6.07) is 7.49. The van der Waals surface area contributed by atoms with Gasteiger partial charge in [-0.3, -0.25) is 14.5 Å². The molecule has 0 saturated heterocycles. The molecule has 3 N–H and O–H groups in total. The quantitative estimate of drug-likeness (QED) is 0.741. The molecule has 20 heavy (non-hydrogen) atoms. The van der Waals surface area contributed by atoms with Gasteiger partial charge in [-0.15, -0.1) is 0 Å². The molecule has 0 aliphatic carbocycles. The van der Waals surface area contributed by atoms with Crippen LogP contribution in [0.15, 0.2) is 42.9 Å². The topological polar surface area (TPSA) is 85.8 Å². The lowest BCUT2D eigenvalue weighted by Gasteiger charge is -2.07. The molecule has 3 aromatic rings. The second-order valence-electron chi connectivity index (χ2n) is 4.46. The average Bonchev–Trinajstić information content (AvgIpc) is 2.78. The Balaban J connectivity index is 1.97. The van der Waals surface area contributed by atoms with Gasteiger partial charge in [-0.25, -0.2) is 0 Å². The van der Waals surface area contributed by atoms with Crippen molar-refractivity contribution in [2.24, 2.45) is 7.05 Å². The molecule has 100 valence electrons. The Morgan fingerprint density at radius 1 is 1.35 bits per heavy atom. The van der Waals surface area contributed by atoms with Gasteiger partial charge in [0.1, 0.15) is 0 Å². The third-order valence-corrected chi connectivity index (χ3v) is 3.00. The maximum atomic E-state index is 12.2. The molecule has 0 spiro atoms. The predicted octanol–water partition coefficient (Wildman–Crippen LogP) is 1.80. The fourth-order valence-corrected chi connectivity index (χ4v) is 2.10. The lowest BCUT2D eigenvalue weighted by Crippen LogP contribution is -2.14. The Bertz CT molecular complexity index is 788. The fourth-order valence-electron chi connectivity index (χ4n) is 2.10. The zero-order valence-electron chi connectivity index (χ0n) is 10.9. The SMILES string of the molecule is Cn1cc(N)c(C(=O)Nc2cccc3cnccc23)n1. The predicted molar refractivity (Wildman–Crippen MR) is 77.3 cm³/mol. The monoisotopic (exact) mass is 267 g/mol. The van der Waals surface area contributed by atoms with Crippen molar-refractivity contribution in [2.45, 2.75) is 0 Å². The van der Waals surface area contributed by atoms with Crippen LogP contribution >= 0.6 is 0 Å². The number of nitrogens with zero attached hydrogens (tertiary/aromatic N) is 3. The number of carbonyl (C=O) groups excluding carboxylic acids is 1. The molecular weight excluding hydrogens is 254 g/mol. The molecule has 0 saturated carbocycles. The van der Waals surface area contributed by atoms with Crippen LogP contribution in [0.3, 0.4) is 0 Å². The zero-order valence-corrected chi connectivity index (χ0v) is 10.9. The number of benzene rings is 1. The maximum absolute atomic E-state index is 12.2. The molecule has 6 heteroatoms. The lowest BCUT2D eigenvalue weighted by molar-refractivity contribution is 0.102. The number of nitrogen functional groups attached to an aromatic ring is 1. The van der Waals surface area contributed by atoms with Crippen LogP contribution in [0.25, 0.3) is 10.8 Å². The molecule has 1 aromatic carbocycles. The van der Waals surface area contributed by atoms with Gasteiger partial charge in [-0.1, -0.05) is 12.1 Å². The van der Waals surface area contributed by atoms with Crippen LogP contribution in [-0.4, -0.2) is 20.7 Å². The average molecular weight is 267 g/mol. The molecule has 2 heterocycles. The maximum Gasteiger partial charge on any atom is 0.278 e. The summed E-state index contributed by atoms with van der Waals surface area (Å²) in [6.45, 7) is 0. The van der Waals surface area contributed by atoms with E-state index in [1.165, 1.54) is 4.68 Å². The van der Waals surface area contributed by atoms with Crippen molar-refractivity contribution in [2.75, 3.05) is 11.1 Å². The van der Waals surface area contributed by atoms with E-state index in [9.17, 15) is 4.79 Å². The van der Waals surface area contributed by atoms with Crippen LogP contribution in [-0.2, 0) is 7.05 Å². The summed E-state index contributed by atoms with van der Waals surface area (Å²) in [7, 11) is 1.72. The number of hydrogen-bond donors (Lipinski definition) is 2. The molecule has 6 nitrogen and oxygen atoms in total. The highest BCUT2D eigenvalue weighted by molar-refractivity contribution is 6.10. The molecular formula is C14H13N5O. The highest BCUT2D eigenvalue weighted by atomic mass is 16.2. The minimum Gasteiger partial charge on any atom is -0.396 e. The third-order valence-electron chi connectivity index (χ3n) is 3.00. The number of amides is 1. The number of nitrogens with one attached hydrogen (secondary N) is 1. The third kappa shape index (κ3) is 2.07. The summed E-state index contributed by atoms with van der Waals surface area (Å²) in [6.07, 6.45) is 5.04. The first-order chi connectivity index (χ1) is 9.65. The Labute approximate surface area is 115 Å². The van der Waals surface area contributed by atoms with E-state index in [4.69, 9.17) is 5.73 Å². The van der Waals surface area contributed by atoms with Gasteiger partial charge < -0.3 is 11.1 Å². The number of aryl methyl sites for hydroxylation is 1. The van der Waals surface area contributed by atoms with Crippen LogP contribution in [0.2, 0.25) is 0 Å².